The number of aryl methyl sites for hydroxylation is 1. The minimum absolute atomic E-state index is 0.00774. The number of fused-ring (bicyclic) bond motifs is 2. The lowest BCUT2D eigenvalue weighted by molar-refractivity contribution is -0.123. The van der Waals surface area contributed by atoms with Gasteiger partial charge in [0.2, 0.25) is 5.91 Å². The number of hydrogen-bond acceptors (Lipinski definition) is 7. The molecule has 6 rings (SSSR count). The van der Waals surface area contributed by atoms with Crippen molar-refractivity contribution in [2.75, 3.05) is 4.72 Å². The summed E-state index contributed by atoms with van der Waals surface area (Å²) in [6.45, 7) is 1.46. The second kappa shape index (κ2) is 15.1. The number of carbonyl (C=O) groups excluding carboxylic acids is 1. The molecule has 0 saturated carbocycles. The van der Waals surface area contributed by atoms with Gasteiger partial charge in [-0.1, -0.05) is 23.6 Å². The molecular formula is C36H31ClF8N8O4S. The largest absolute Gasteiger partial charge is 0.378 e. The number of nitrogens with zero attached hydrogens (tertiary/aromatic N) is 5. The van der Waals surface area contributed by atoms with Crippen LogP contribution in [0.1, 0.15) is 73.1 Å². The van der Waals surface area contributed by atoms with Gasteiger partial charge in [-0.3, -0.25) is 18.9 Å². The molecule has 1 amide bonds. The number of aliphatic hydroxyl groups is 1. The van der Waals surface area contributed by atoms with Crippen LogP contribution < -0.4 is 15.2 Å². The molecule has 308 valence electrons. The Morgan fingerprint density at radius 3 is 2.28 bits per heavy atom. The van der Waals surface area contributed by atoms with E-state index in [9.17, 15) is 44.7 Å². The van der Waals surface area contributed by atoms with Gasteiger partial charge in [-0.05, 0) is 62.1 Å². The third-order valence-electron chi connectivity index (χ3n) is 8.86. The van der Waals surface area contributed by atoms with E-state index >= 15 is 8.78 Å². The first-order valence-electron chi connectivity index (χ1n) is 17.0. The third kappa shape index (κ3) is 8.89. The molecule has 5 N–H and O–H groups in total. The van der Waals surface area contributed by atoms with Crippen molar-refractivity contribution in [1.29, 1.82) is 0 Å². The number of alkyl halides is 6. The van der Waals surface area contributed by atoms with E-state index in [1.807, 2.05) is 0 Å². The Balaban J connectivity index is 1.55. The summed E-state index contributed by atoms with van der Waals surface area (Å²) < 4.78 is 145. The number of halogens is 9. The van der Waals surface area contributed by atoms with Gasteiger partial charge in [-0.25, -0.2) is 36.5 Å². The van der Waals surface area contributed by atoms with Crippen LogP contribution in [0.25, 0.3) is 22.0 Å². The van der Waals surface area contributed by atoms with Gasteiger partial charge in [-0.15, -0.1) is 0 Å². The highest BCUT2D eigenvalue weighted by atomic mass is 35.5. The molecule has 5 aromatic rings. The molecule has 0 radical (unpaired) electrons. The number of hydrogen-bond donors (Lipinski definition) is 4. The van der Waals surface area contributed by atoms with Crippen LogP contribution in [0.2, 0.25) is 5.02 Å². The van der Waals surface area contributed by atoms with Crippen molar-refractivity contribution in [3.8, 4) is 23.0 Å². The van der Waals surface area contributed by atoms with E-state index in [0.717, 1.165) is 12.1 Å². The second-order valence-electron chi connectivity index (χ2n) is 14.0. The first-order chi connectivity index (χ1) is 26.8. The molecule has 3 heterocycles. The topological polar surface area (TPSA) is 170 Å². The Hall–Kier alpha value is -5.30. The summed E-state index contributed by atoms with van der Waals surface area (Å²) in [4.78, 5) is 18.5. The van der Waals surface area contributed by atoms with E-state index in [4.69, 9.17) is 16.7 Å². The van der Waals surface area contributed by atoms with Gasteiger partial charge in [0.15, 0.2) is 5.82 Å². The van der Waals surface area contributed by atoms with E-state index in [0.29, 0.717) is 6.07 Å². The standard InChI is InChI=1S/C36H31ClF8N8O4S/c1-34(2,55)9-8-20-4-5-21(22-6-7-23(37)26-30(22)52(3)50-33(26)51-58(46,56)57)28(47-20)24(14-17-12-18(38)15-19(39)13-17)48-25(54)16-53-31-27(29(49-53)32(40)41)35(42,43)10-11-36(31,44)45/h4-7,12-13,15,24,32,55H,10-11,14,16H2,1-3H3,(H,48,54)(H,50,51)(H2,46,56,57). The molecular weight excluding hydrogens is 828 g/mol. The van der Waals surface area contributed by atoms with E-state index in [1.54, 1.807) is 0 Å². The molecule has 12 nitrogen and oxygen atoms in total. The fourth-order valence-corrected chi connectivity index (χ4v) is 7.30. The molecule has 22 heteroatoms. The molecule has 0 aliphatic heterocycles. The number of aromatic nitrogens is 5. The van der Waals surface area contributed by atoms with Crippen molar-refractivity contribution in [3.63, 3.8) is 0 Å². The van der Waals surface area contributed by atoms with Crippen molar-refractivity contribution >= 4 is 44.4 Å². The van der Waals surface area contributed by atoms with Gasteiger partial charge in [0.1, 0.15) is 40.9 Å². The fraction of sp³-hybridized carbons (Fsp3) is 0.333. The van der Waals surface area contributed by atoms with Crippen LogP contribution in [-0.4, -0.2) is 49.6 Å². The number of amides is 1. The quantitative estimate of drug-likeness (QED) is 0.0916. The van der Waals surface area contributed by atoms with Crippen LogP contribution in [0.15, 0.2) is 42.5 Å². The van der Waals surface area contributed by atoms with E-state index in [2.05, 4.69) is 37.1 Å². The molecule has 0 saturated heterocycles. The number of carbonyl (C=O) groups is 1. The van der Waals surface area contributed by atoms with Crippen LogP contribution in [0.5, 0.6) is 0 Å². The number of anilines is 1. The van der Waals surface area contributed by atoms with Gasteiger partial charge < -0.3 is 10.4 Å². The zero-order chi connectivity index (χ0) is 42.7. The Morgan fingerprint density at radius 2 is 1.66 bits per heavy atom. The van der Waals surface area contributed by atoms with Crippen molar-refractivity contribution < 1.29 is 53.4 Å². The molecule has 0 bridgehead atoms. The second-order valence-corrected chi connectivity index (χ2v) is 15.7. The third-order valence-corrected chi connectivity index (χ3v) is 9.65. The van der Waals surface area contributed by atoms with E-state index < -0.39 is 100 Å². The Bertz CT molecular complexity index is 2610. The van der Waals surface area contributed by atoms with Crippen LogP contribution >= 0.6 is 11.6 Å². The Morgan fingerprint density at radius 1 is 1.02 bits per heavy atom. The molecule has 3 aromatic heterocycles. The number of rotatable bonds is 10. The minimum Gasteiger partial charge on any atom is -0.378 e. The molecule has 58 heavy (non-hydrogen) atoms. The van der Waals surface area contributed by atoms with Crippen molar-refractivity contribution in [1.82, 2.24) is 29.9 Å². The summed E-state index contributed by atoms with van der Waals surface area (Å²) in [5, 5.41) is 25.5. The Kier molecular flexibility index (Phi) is 11.0. The van der Waals surface area contributed by atoms with Crippen LogP contribution in [-0.2, 0) is 46.9 Å². The van der Waals surface area contributed by atoms with Crippen LogP contribution in [0.4, 0.5) is 40.9 Å². The lowest BCUT2D eigenvalue weighted by Crippen LogP contribution is -2.37. The van der Waals surface area contributed by atoms with Crippen LogP contribution in [0, 0.1) is 23.5 Å². The van der Waals surface area contributed by atoms with Crippen molar-refractivity contribution in [2.24, 2.45) is 12.2 Å². The SMILES string of the molecule is Cn1nc(NS(N)(=O)=O)c2c(Cl)ccc(-c3ccc(C#CC(C)(C)O)nc3C(Cc3cc(F)cc(F)c3)NC(=O)Cn3nc(C(F)F)c4c3C(F)(F)CCC4(F)F)c21. The van der Waals surface area contributed by atoms with Gasteiger partial charge >= 0.3 is 0 Å². The number of nitrogens with two attached hydrogens (primary N) is 1. The summed E-state index contributed by atoms with van der Waals surface area (Å²) in [6.07, 6.45) is -7.08. The maximum Gasteiger partial charge on any atom is 0.297 e. The summed E-state index contributed by atoms with van der Waals surface area (Å²) in [7, 11) is -2.95. The minimum atomic E-state index is -4.38. The zero-order valence-electron chi connectivity index (χ0n) is 30.3. The molecule has 2 aromatic carbocycles. The number of benzene rings is 2. The maximum absolute atomic E-state index is 15.2. The van der Waals surface area contributed by atoms with Crippen molar-refractivity contribution in [3.05, 3.63) is 93.0 Å². The highest BCUT2D eigenvalue weighted by molar-refractivity contribution is 7.90. The van der Waals surface area contributed by atoms with Gasteiger partial charge in [-0.2, -0.15) is 27.4 Å². The summed E-state index contributed by atoms with van der Waals surface area (Å²) in [5.41, 5.74) is -6.11. The molecule has 0 spiro atoms. The summed E-state index contributed by atoms with van der Waals surface area (Å²) in [6, 6.07) is 6.62. The predicted molar refractivity (Wildman–Crippen MR) is 194 cm³/mol. The highest BCUT2D eigenvalue weighted by Gasteiger charge is 2.55. The van der Waals surface area contributed by atoms with E-state index in [-0.39, 0.29) is 54.5 Å². The average Bonchev–Trinajstić information content (AvgIpc) is 3.64. The van der Waals surface area contributed by atoms with Gasteiger partial charge in [0, 0.05) is 37.1 Å². The fourth-order valence-electron chi connectivity index (χ4n) is 6.65. The lowest BCUT2D eigenvalue weighted by Gasteiger charge is -2.29. The summed E-state index contributed by atoms with van der Waals surface area (Å²) in [5.74, 6) is -6.53. The molecule has 0 fully saturated rings. The summed E-state index contributed by atoms with van der Waals surface area (Å²) >= 11 is 6.50. The Labute approximate surface area is 329 Å². The number of nitrogens with one attached hydrogen (secondary N) is 2. The van der Waals surface area contributed by atoms with E-state index in [1.165, 1.54) is 49.8 Å². The van der Waals surface area contributed by atoms with Gasteiger partial charge in [0.25, 0.3) is 28.5 Å². The lowest BCUT2D eigenvalue weighted by atomic mass is 9.89. The first kappa shape index (κ1) is 42.3. The zero-order valence-corrected chi connectivity index (χ0v) is 31.9. The molecule has 1 atom stereocenters. The molecule has 1 aliphatic rings. The smallest absolute Gasteiger partial charge is 0.297 e. The van der Waals surface area contributed by atoms with Crippen molar-refractivity contribution in [2.45, 2.75) is 69.6 Å². The number of pyridine rings is 1. The average molecular weight is 859 g/mol. The maximum atomic E-state index is 15.2. The van der Waals surface area contributed by atoms with Gasteiger partial charge in [0.05, 0.1) is 33.2 Å². The van der Waals surface area contributed by atoms with Crippen LogP contribution in [0.3, 0.4) is 0 Å². The molecule has 1 unspecified atom stereocenters. The monoisotopic (exact) mass is 858 g/mol. The normalized spacial score (nSPS) is 15.5. The first-order valence-corrected chi connectivity index (χ1v) is 18.9. The molecule has 1 aliphatic carbocycles. The predicted octanol–water partition coefficient (Wildman–Crippen LogP) is 6.52. The highest BCUT2D eigenvalue weighted by Crippen LogP contribution is 2.52.